The molecule has 0 heterocycles. The van der Waals surface area contributed by atoms with Crippen LogP contribution in [-0.2, 0) is 44.8 Å². The molecule has 0 unspecified atom stereocenters. The minimum Gasteiger partial charge on any atom is -1.00 e. The average Bonchev–Trinajstić information content (AvgIpc) is 1.00. The number of hydrogen-bond donors (Lipinski definition) is 0. The maximum absolute atomic E-state index is 4.61. The Morgan fingerprint density at radius 2 is 1.00 bits per heavy atom. The van der Waals surface area contributed by atoms with Gasteiger partial charge >= 0.3 is 44.8 Å². The van der Waals surface area contributed by atoms with Crippen molar-refractivity contribution in [3.63, 3.8) is 0 Å². The molecule has 0 saturated carbocycles. The minimum atomic E-state index is 0. The zero-order chi connectivity index (χ0) is 2.00. The molecule has 0 saturated heterocycles. The van der Waals surface area contributed by atoms with Gasteiger partial charge in [-0.25, -0.2) is 0 Å². The Labute approximate surface area is 103 Å². The second kappa shape index (κ2) is 40.9. The molecule has 0 spiro atoms. The molecule has 0 fully saturated rings. The van der Waals surface area contributed by atoms with Crippen molar-refractivity contribution < 1.29 is 74.1 Å². The van der Waals surface area contributed by atoms with Crippen LogP contribution in [0, 0.1) is 0 Å². The molecule has 0 amide bonds. The summed E-state index contributed by atoms with van der Waals surface area (Å²) in [7, 11) is 4.61. The zero-order valence-corrected chi connectivity index (χ0v) is 10.3. The summed E-state index contributed by atoms with van der Waals surface area (Å²) in [6.07, 6.45) is 0. The third-order valence-corrected chi connectivity index (χ3v) is 0. The van der Waals surface area contributed by atoms with Gasteiger partial charge in [0.2, 0.25) is 0 Å². The summed E-state index contributed by atoms with van der Waals surface area (Å²) in [4.78, 5) is 0. The molecular formula is Ag2BrCl2I. The van der Waals surface area contributed by atoms with Crippen LogP contribution in [-0.4, -0.2) is 0 Å². The Balaban J connectivity index is -0.000000000833. The number of hydrogen-bond acceptors (Lipinski definition) is 0. The van der Waals surface area contributed by atoms with Crippen molar-refractivity contribution in [3.05, 3.63) is 0 Å². The Kier molecular flexibility index (Phi) is 237. The van der Waals surface area contributed by atoms with E-state index in [1.807, 2.05) is 0 Å². The molecule has 0 bridgehead atoms. The van der Waals surface area contributed by atoms with Gasteiger partial charge in [0.1, 0.15) is 0 Å². The van der Waals surface area contributed by atoms with Crippen LogP contribution in [0.5, 0.6) is 0 Å². The van der Waals surface area contributed by atoms with Crippen LogP contribution in [0.3, 0.4) is 0 Å². The van der Waals surface area contributed by atoms with E-state index in [9.17, 15) is 0 Å². The molecule has 0 aromatic rings. The van der Waals surface area contributed by atoms with Gasteiger partial charge in [-0.05, 0) is 8.91 Å². The fourth-order valence-electron chi connectivity index (χ4n) is 0. The van der Waals surface area contributed by atoms with Gasteiger partial charge < -0.3 is 29.4 Å². The third kappa shape index (κ3) is 26.7. The standard InChI is InChI=1S/2Ag.BrH.ClI.ClH/c;;;1-2;/h;;1H;;1H/q2*+1;;;/p-2. The fourth-order valence-corrected chi connectivity index (χ4v) is 0. The normalized spacial score (nSPS) is 1.00. The first-order valence-corrected chi connectivity index (χ1v) is 2.87. The smallest absolute Gasteiger partial charge is 1.00 e. The van der Waals surface area contributed by atoms with Crippen LogP contribution < -0.4 is 29.4 Å². The van der Waals surface area contributed by atoms with Gasteiger partial charge in [0.25, 0.3) is 0 Å². The van der Waals surface area contributed by atoms with Crippen molar-refractivity contribution in [1.29, 1.82) is 0 Å². The Hall–Kier alpha value is 3.27. The Morgan fingerprint density at radius 1 is 1.00 bits per heavy atom. The van der Waals surface area contributed by atoms with Crippen molar-refractivity contribution in [1.82, 2.24) is 0 Å². The molecule has 0 aromatic heterocycles. The van der Waals surface area contributed by atoms with Crippen molar-refractivity contribution in [2.24, 2.45) is 0 Å². The van der Waals surface area contributed by atoms with Crippen molar-refractivity contribution in [2.75, 3.05) is 0 Å². The molecular weight excluding hydrogens is 493 g/mol. The molecule has 0 aromatic carbocycles. The summed E-state index contributed by atoms with van der Waals surface area (Å²) in [6.45, 7) is 0. The molecule has 0 radical (unpaired) electrons. The summed E-state index contributed by atoms with van der Waals surface area (Å²) in [6, 6.07) is 0. The molecule has 0 rings (SSSR count). The first-order chi connectivity index (χ1) is 1.00. The van der Waals surface area contributed by atoms with Crippen LogP contribution in [0.1, 0.15) is 0 Å². The van der Waals surface area contributed by atoms with Crippen molar-refractivity contribution in [3.8, 4) is 0 Å². The van der Waals surface area contributed by atoms with Crippen LogP contribution in [0.4, 0.5) is 0 Å². The van der Waals surface area contributed by atoms with Gasteiger partial charge in [-0.2, -0.15) is 0 Å². The molecule has 6 heavy (non-hydrogen) atoms. The first kappa shape index (κ1) is 34.8. The monoisotopic (exact) mass is 490 g/mol. The van der Waals surface area contributed by atoms with Crippen LogP contribution >= 0.6 is 30.4 Å². The third-order valence-electron chi connectivity index (χ3n) is 0. The van der Waals surface area contributed by atoms with E-state index in [4.69, 9.17) is 0 Å². The molecule has 6 heteroatoms. The second-order valence-corrected chi connectivity index (χ2v) is 0. The van der Waals surface area contributed by atoms with Gasteiger partial charge in [-0.15, -0.1) is 0 Å². The topological polar surface area (TPSA) is 0 Å². The molecule has 0 aliphatic heterocycles. The van der Waals surface area contributed by atoms with E-state index in [1.165, 1.54) is 0 Å². The molecule has 0 aliphatic carbocycles. The maximum atomic E-state index is 4.61. The fraction of sp³-hybridized carbons (Fsp3) is 0. The quantitative estimate of drug-likeness (QED) is 0.236. The van der Waals surface area contributed by atoms with Crippen LogP contribution in [0.25, 0.3) is 0 Å². The number of rotatable bonds is 0. The van der Waals surface area contributed by atoms with Crippen LogP contribution in [0.2, 0.25) is 0 Å². The minimum absolute atomic E-state index is 0. The van der Waals surface area contributed by atoms with E-state index in [2.05, 4.69) is 8.91 Å². The van der Waals surface area contributed by atoms with Crippen molar-refractivity contribution >= 4 is 30.4 Å². The summed E-state index contributed by atoms with van der Waals surface area (Å²) in [5, 5.41) is 0. The van der Waals surface area contributed by atoms with E-state index in [0.717, 1.165) is 0 Å². The van der Waals surface area contributed by atoms with Gasteiger partial charge in [-0.3, -0.25) is 0 Å². The summed E-state index contributed by atoms with van der Waals surface area (Å²) in [5.74, 6) is 0. The van der Waals surface area contributed by atoms with E-state index < -0.39 is 0 Å². The summed E-state index contributed by atoms with van der Waals surface area (Å²) < 4.78 is 0. The SMILES string of the molecule is ClI.[Ag+].[Ag+].[Br-].[Cl-]. The molecule has 0 nitrogen and oxygen atoms in total. The average molecular weight is 493 g/mol. The van der Waals surface area contributed by atoms with Gasteiger partial charge in [0.15, 0.2) is 0 Å². The van der Waals surface area contributed by atoms with E-state index in [1.54, 1.807) is 21.5 Å². The molecule has 0 atom stereocenters. The Bertz CT molecular complexity index is 11.5. The van der Waals surface area contributed by atoms with Gasteiger partial charge in [0.05, 0.1) is 0 Å². The zero-order valence-electron chi connectivity index (χ0n) is 2.11. The van der Waals surface area contributed by atoms with E-state index in [-0.39, 0.29) is 74.1 Å². The molecule has 50 valence electrons. The summed E-state index contributed by atoms with van der Waals surface area (Å²) >= 11 is 1.62. The first-order valence-electron chi connectivity index (χ1n) is 0.143. The molecule has 0 N–H and O–H groups in total. The second-order valence-electron chi connectivity index (χ2n) is 0. The molecule has 0 aliphatic rings. The predicted molar refractivity (Wildman–Crippen MR) is 19.9 cm³/mol. The van der Waals surface area contributed by atoms with Crippen LogP contribution in [0.15, 0.2) is 0 Å². The van der Waals surface area contributed by atoms with E-state index >= 15 is 0 Å². The van der Waals surface area contributed by atoms with Crippen molar-refractivity contribution in [2.45, 2.75) is 0 Å². The largest absolute Gasteiger partial charge is 1.00 e. The summed E-state index contributed by atoms with van der Waals surface area (Å²) in [5.41, 5.74) is 0. The Morgan fingerprint density at radius 3 is 1.00 bits per heavy atom. The number of halogens is 4. The van der Waals surface area contributed by atoms with Gasteiger partial charge in [-0.1, -0.05) is 0 Å². The van der Waals surface area contributed by atoms with E-state index in [0.29, 0.717) is 0 Å². The van der Waals surface area contributed by atoms with Gasteiger partial charge in [0, 0.05) is 21.5 Å². The predicted octanol–water partition coefficient (Wildman–Crippen LogP) is -4.42. The maximum Gasteiger partial charge on any atom is 1.00 e.